The number of carbonyl (C=O) groups is 1. The molecule has 2 heterocycles. The second kappa shape index (κ2) is 9.12. The van der Waals surface area contributed by atoms with Crippen molar-refractivity contribution in [3.05, 3.63) is 77.5 Å². The summed E-state index contributed by atoms with van der Waals surface area (Å²) in [6.07, 6.45) is 1.71. The van der Waals surface area contributed by atoms with Crippen molar-refractivity contribution in [2.75, 3.05) is 19.0 Å². The lowest BCUT2D eigenvalue weighted by atomic mass is 10.0. The van der Waals surface area contributed by atoms with Crippen LogP contribution in [0.4, 0.5) is 5.82 Å². The zero-order valence-electron chi connectivity index (χ0n) is 18.7. The summed E-state index contributed by atoms with van der Waals surface area (Å²) >= 11 is 1.58. The summed E-state index contributed by atoms with van der Waals surface area (Å²) in [4.78, 5) is 13.0. The van der Waals surface area contributed by atoms with Crippen LogP contribution in [0.2, 0.25) is 0 Å². The van der Waals surface area contributed by atoms with Gasteiger partial charge in [-0.3, -0.25) is 4.79 Å². The van der Waals surface area contributed by atoms with E-state index in [1.165, 1.54) is 0 Å². The van der Waals surface area contributed by atoms with Crippen molar-refractivity contribution in [3.63, 3.8) is 0 Å². The molecule has 1 aliphatic rings. The Morgan fingerprint density at radius 2 is 2.00 bits per heavy atom. The number of hydrogen-bond donors (Lipinski definition) is 1. The van der Waals surface area contributed by atoms with Crippen molar-refractivity contribution in [1.82, 2.24) is 9.78 Å². The van der Waals surface area contributed by atoms with E-state index in [4.69, 9.17) is 14.6 Å². The van der Waals surface area contributed by atoms with Gasteiger partial charge in [0, 0.05) is 11.1 Å². The van der Waals surface area contributed by atoms with Gasteiger partial charge in [-0.2, -0.15) is 5.10 Å². The van der Waals surface area contributed by atoms with Crippen LogP contribution in [0.15, 0.2) is 55.1 Å². The first-order valence-corrected chi connectivity index (χ1v) is 11.4. The molecule has 1 amide bonds. The molecule has 0 saturated heterocycles. The number of nitrogens with zero attached hydrogens (tertiary/aromatic N) is 2. The molecule has 1 aromatic heterocycles. The molecule has 0 saturated carbocycles. The monoisotopic (exact) mass is 449 g/mol. The Morgan fingerprint density at radius 3 is 2.72 bits per heavy atom. The highest BCUT2D eigenvalue weighted by Gasteiger charge is 2.36. The molecular formula is C25H27N3O3S. The number of thioether (sulfide) groups is 1. The van der Waals surface area contributed by atoms with Gasteiger partial charge >= 0.3 is 0 Å². The molecule has 0 spiro atoms. The molecule has 166 valence electrons. The topological polar surface area (TPSA) is 65.4 Å². The number of para-hydroxylation sites is 2. The Morgan fingerprint density at radius 1 is 1.22 bits per heavy atom. The van der Waals surface area contributed by atoms with Gasteiger partial charge in [0.15, 0.2) is 11.5 Å². The van der Waals surface area contributed by atoms with Crippen molar-refractivity contribution in [1.29, 1.82) is 0 Å². The fourth-order valence-electron chi connectivity index (χ4n) is 3.93. The molecule has 1 N–H and O–H groups in total. The van der Waals surface area contributed by atoms with Gasteiger partial charge in [0.05, 0.1) is 29.0 Å². The van der Waals surface area contributed by atoms with Gasteiger partial charge in [0.1, 0.15) is 12.4 Å². The Labute approximate surface area is 192 Å². The molecule has 0 radical (unpaired) electrons. The van der Waals surface area contributed by atoms with Crippen LogP contribution in [-0.2, 0) is 4.79 Å². The van der Waals surface area contributed by atoms with Crippen molar-refractivity contribution in [3.8, 4) is 17.2 Å². The summed E-state index contributed by atoms with van der Waals surface area (Å²) in [5, 5.41) is 7.52. The SMILES string of the molecule is C=CCOc1c(OC)cccc1C1SC(C)C(=O)Nc2c1c(C)nn2-c1ccccc1C. The predicted octanol–water partition coefficient (Wildman–Crippen LogP) is 5.23. The van der Waals surface area contributed by atoms with Gasteiger partial charge < -0.3 is 14.8 Å². The quantitative estimate of drug-likeness (QED) is 0.522. The lowest BCUT2D eigenvalue weighted by Crippen LogP contribution is -2.22. The summed E-state index contributed by atoms with van der Waals surface area (Å²) in [7, 11) is 1.63. The number of carbonyl (C=O) groups excluding carboxylic acids is 1. The third kappa shape index (κ3) is 3.88. The number of anilines is 1. The smallest absolute Gasteiger partial charge is 0.238 e. The Hall–Kier alpha value is -3.19. The predicted molar refractivity (Wildman–Crippen MR) is 129 cm³/mol. The van der Waals surface area contributed by atoms with Crippen LogP contribution in [0.5, 0.6) is 11.5 Å². The number of fused-ring (bicyclic) bond motifs is 1. The number of amides is 1. The molecule has 2 unspecified atom stereocenters. The van der Waals surface area contributed by atoms with Gasteiger partial charge in [-0.1, -0.05) is 43.0 Å². The molecule has 32 heavy (non-hydrogen) atoms. The first-order valence-electron chi connectivity index (χ1n) is 10.5. The number of ether oxygens (including phenoxy) is 2. The molecule has 0 fully saturated rings. The zero-order valence-corrected chi connectivity index (χ0v) is 19.5. The summed E-state index contributed by atoms with van der Waals surface area (Å²) in [6.45, 7) is 10.1. The first kappa shape index (κ1) is 22.0. The number of nitrogens with one attached hydrogen (secondary N) is 1. The van der Waals surface area contributed by atoms with Crippen LogP contribution >= 0.6 is 11.8 Å². The van der Waals surface area contributed by atoms with Crippen LogP contribution in [0.1, 0.15) is 34.6 Å². The van der Waals surface area contributed by atoms with E-state index < -0.39 is 0 Å². The molecule has 4 rings (SSSR count). The number of aromatic nitrogens is 2. The number of methoxy groups -OCH3 is 1. The van der Waals surface area contributed by atoms with Crippen LogP contribution in [0.3, 0.4) is 0 Å². The van der Waals surface area contributed by atoms with Crippen LogP contribution < -0.4 is 14.8 Å². The number of aryl methyl sites for hydroxylation is 2. The zero-order chi connectivity index (χ0) is 22.8. The second-order valence-corrected chi connectivity index (χ2v) is 9.12. The van der Waals surface area contributed by atoms with Gasteiger partial charge in [0.2, 0.25) is 5.91 Å². The fraction of sp³-hybridized carbons (Fsp3) is 0.280. The van der Waals surface area contributed by atoms with Gasteiger partial charge in [-0.05, 0) is 38.5 Å². The minimum absolute atomic E-state index is 0.0510. The van der Waals surface area contributed by atoms with Gasteiger partial charge in [-0.25, -0.2) is 4.68 Å². The average Bonchev–Trinajstić information content (AvgIpc) is 3.03. The molecule has 0 bridgehead atoms. The van der Waals surface area contributed by atoms with E-state index >= 15 is 0 Å². The summed E-state index contributed by atoms with van der Waals surface area (Å²) in [5.74, 6) is 1.95. The van der Waals surface area contributed by atoms with E-state index in [9.17, 15) is 4.79 Å². The number of rotatable bonds is 6. The van der Waals surface area contributed by atoms with E-state index in [-0.39, 0.29) is 16.4 Å². The van der Waals surface area contributed by atoms with E-state index in [1.807, 2.05) is 67.9 Å². The molecule has 7 heteroatoms. The lowest BCUT2D eigenvalue weighted by molar-refractivity contribution is -0.115. The van der Waals surface area contributed by atoms with E-state index in [2.05, 4.69) is 11.9 Å². The molecular weight excluding hydrogens is 422 g/mol. The van der Waals surface area contributed by atoms with Gasteiger partial charge in [0.25, 0.3) is 0 Å². The Bertz CT molecular complexity index is 1170. The summed E-state index contributed by atoms with van der Waals surface area (Å²) in [5.41, 5.74) is 4.77. The van der Waals surface area contributed by atoms with Gasteiger partial charge in [-0.15, -0.1) is 11.8 Å². The molecule has 6 nitrogen and oxygen atoms in total. The second-order valence-electron chi connectivity index (χ2n) is 7.67. The Balaban J connectivity index is 1.95. The highest BCUT2D eigenvalue weighted by molar-refractivity contribution is 8.01. The molecule has 1 aliphatic heterocycles. The molecule has 2 atom stereocenters. The van der Waals surface area contributed by atoms with Crippen LogP contribution in [0, 0.1) is 13.8 Å². The molecule has 3 aromatic rings. The van der Waals surface area contributed by atoms with E-state index in [0.717, 1.165) is 28.1 Å². The Kier molecular flexibility index (Phi) is 6.28. The third-order valence-corrected chi connectivity index (χ3v) is 6.90. The number of hydrogen-bond acceptors (Lipinski definition) is 5. The third-order valence-electron chi connectivity index (χ3n) is 5.52. The van der Waals surface area contributed by atoms with Crippen molar-refractivity contribution < 1.29 is 14.3 Å². The first-order chi connectivity index (χ1) is 15.5. The largest absolute Gasteiger partial charge is 0.493 e. The fourth-order valence-corrected chi connectivity index (χ4v) is 5.27. The maximum absolute atomic E-state index is 13.0. The maximum Gasteiger partial charge on any atom is 0.238 e. The van der Waals surface area contributed by atoms with Crippen LogP contribution in [-0.4, -0.2) is 34.7 Å². The summed E-state index contributed by atoms with van der Waals surface area (Å²) in [6, 6.07) is 13.9. The van der Waals surface area contributed by atoms with E-state index in [0.29, 0.717) is 23.9 Å². The molecule has 2 aromatic carbocycles. The normalized spacial score (nSPS) is 17.8. The van der Waals surface area contributed by atoms with Crippen molar-refractivity contribution in [2.45, 2.75) is 31.3 Å². The highest BCUT2D eigenvalue weighted by atomic mass is 32.2. The minimum Gasteiger partial charge on any atom is -0.493 e. The highest BCUT2D eigenvalue weighted by Crippen LogP contribution is 2.50. The van der Waals surface area contributed by atoms with E-state index in [1.54, 1.807) is 24.9 Å². The van der Waals surface area contributed by atoms with Crippen molar-refractivity contribution >= 4 is 23.5 Å². The minimum atomic E-state index is -0.268. The maximum atomic E-state index is 13.0. The molecule has 0 aliphatic carbocycles. The number of benzene rings is 2. The standard InChI is InChI=1S/C25H27N3O3S/c1-6-14-31-22-18(11-9-13-20(22)30-5)23-21-16(3)27-28(19-12-8-7-10-15(19)2)24(21)26-25(29)17(4)32-23/h6-13,17,23H,1,14H2,2-5H3,(H,26,29). The van der Waals surface area contributed by atoms with Crippen molar-refractivity contribution in [2.24, 2.45) is 0 Å². The van der Waals surface area contributed by atoms with Crippen LogP contribution in [0.25, 0.3) is 5.69 Å². The lowest BCUT2D eigenvalue weighted by Gasteiger charge is -2.22. The summed E-state index contributed by atoms with van der Waals surface area (Å²) < 4.78 is 13.5. The average molecular weight is 450 g/mol.